The Morgan fingerprint density at radius 2 is 1.82 bits per heavy atom. The van der Waals surface area contributed by atoms with Gasteiger partial charge in [-0.3, -0.25) is 4.79 Å². The van der Waals surface area contributed by atoms with Crippen LogP contribution in [0.2, 0.25) is 0 Å². The van der Waals surface area contributed by atoms with E-state index in [1.807, 2.05) is 54.6 Å². The Morgan fingerprint density at radius 1 is 1.18 bits per heavy atom. The molecule has 3 rings (SSSR count). The highest BCUT2D eigenvalue weighted by Crippen LogP contribution is 2.50. The van der Waals surface area contributed by atoms with Crippen LogP contribution >= 0.6 is 15.9 Å². The molecule has 2 atom stereocenters. The van der Waals surface area contributed by atoms with Crippen LogP contribution in [-0.4, -0.2) is 22.5 Å². The molecule has 2 aromatic rings. The summed E-state index contributed by atoms with van der Waals surface area (Å²) in [6, 6.07) is 16.0. The van der Waals surface area contributed by atoms with Gasteiger partial charge in [0.1, 0.15) is 11.8 Å². The van der Waals surface area contributed by atoms with Gasteiger partial charge in [0.2, 0.25) is 0 Å². The molecule has 22 heavy (non-hydrogen) atoms. The number of benzene rings is 2. The van der Waals surface area contributed by atoms with Gasteiger partial charge in [-0.05, 0) is 39.2 Å². The second-order valence-corrected chi connectivity index (χ2v) is 6.37. The van der Waals surface area contributed by atoms with E-state index in [0.717, 1.165) is 16.9 Å². The number of likely N-dealkylation sites (tertiary alicyclic amines) is 1. The highest BCUT2D eigenvalue weighted by atomic mass is 79.9. The highest BCUT2D eigenvalue weighted by molar-refractivity contribution is 9.10. The smallest absolute Gasteiger partial charge is 0.274 e. The van der Waals surface area contributed by atoms with Gasteiger partial charge in [-0.25, -0.2) is 4.39 Å². The molecule has 1 aliphatic rings. The molecule has 0 aliphatic carbocycles. The summed E-state index contributed by atoms with van der Waals surface area (Å²) in [6.45, 7) is 0.361. The molecule has 0 N–H and O–H groups in total. The number of hydrogen-bond acceptors (Lipinski definition) is 2. The number of alkyl halides is 2. The van der Waals surface area contributed by atoms with E-state index in [2.05, 4.69) is 15.9 Å². The first-order chi connectivity index (χ1) is 10.5. The average molecular weight is 364 g/mol. The highest BCUT2D eigenvalue weighted by Gasteiger charge is 2.60. The molecule has 114 valence electrons. The second kappa shape index (κ2) is 5.72. The lowest BCUT2D eigenvalue weighted by Crippen LogP contribution is -2.62. The van der Waals surface area contributed by atoms with E-state index in [9.17, 15) is 9.18 Å². The van der Waals surface area contributed by atoms with E-state index in [1.54, 1.807) is 7.11 Å². The van der Waals surface area contributed by atoms with Gasteiger partial charge >= 0.3 is 0 Å². The number of ether oxygens (including phenoxy) is 1. The van der Waals surface area contributed by atoms with Gasteiger partial charge in [0, 0.05) is 6.54 Å². The molecule has 1 heterocycles. The Kier molecular flexibility index (Phi) is 3.91. The van der Waals surface area contributed by atoms with Crippen molar-refractivity contribution in [3.8, 4) is 5.75 Å². The molecular weight excluding hydrogens is 349 g/mol. The summed E-state index contributed by atoms with van der Waals surface area (Å²) >= 11 is 2.93. The van der Waals surface area contributed by atoms with Crippen LogP contribution < -0.4 is 4.74 Å². The summed E-state index contributed by atoms with van der Waals surface area (Å²) in [5.74, 6) is 0.204. The maximum atomic E-state index is 14.5. The fourth-order valence-electron chi connectivity index (χ4n) is 2.67. The normalized spacial score (nSPS) is 24.0. The standard InChI is InChI=1S/C17H15BrFNO2/c1-22-14-9-7-12(8-10-14)11-20-15(17(18,19)16(20)21)13-5-3-2-4-6-13/h2-10,15H,11H2,1H3. The minimum absolute atomic E-state index is 0.361. The van der Waals surface area contributed by atoms with Crippen molar-refractivity contribution in [1.82, 2.24) is 4.90 Å². The molecule has 3 nitrogen and oxygen atoms in total. The first-order valence-electron chi connectivity index (χ1n) is 6.91. The predicted molar refractivity (Wildman–Crippen MR) is 85.5 cm³/mol. The minimum Gasteiger partial charge on any atom is -0.497 e. The van der Waals surface area contributed by atoms with Crippen molar-refractivity contribution in [2.45, 2.75) is 17.2 Å². The topological polar surface area (TPSA) is 29.5 Å². The number of amides is 1. The first kappa shape index (κ1) is 15.0. The number of rotatable bonds is 4. The van der Waals surface area contributed by atoms with Crippen LogP contribution in [0, 0.1) is 0 Å². The summed E-state index contributed by atoms with van der Waals surface area (Å²) in [5.41, 5.74) is 1.70. The van der Waals surface area contributed by atoms with E-state index in [1.165, 1.54) is 4.90 Å². The third kappa shape index (κ3) is 2.50. The maximum absolute atomic E-state index is 14.5. The molecule has 5 heteroatoms. The van der Waals surface area contributed by atoms with E-state index in [-0.39, 0.29) is 0 Å². The van der Waals surface area contributed by atoms with Crippen LogP contribution in [0.1, 0.15) is 17.2 Å². The Labute approximate surface area is 136 Å². The summed E-state index contributed by atoms with van der Waals surface area (Å²) in [4.78, 5) is 13.6. The zero-order valence-corrected chi connectivity index (χ0v) is 13.6. The predicted octanol–water partition coefficient (Wildman–Crippen LogP) is 3.84. The Hall–Kier alpha value is -1.88. The molecular formula is C17H15BrFNO2. The van der Waals surface area contributed by atoms with Crippen LogP contribution in [0.3, 0.4) is 0 Å². The average Bonchev–Trinajstić information content (AvgIpc) is 2.55. The molecule has 1 fully saturated rings. The summed E-state index contributed by atoms with van der Waals surface area (Å²) in [7, 11) is 1.60. The second-order valence-electron chi connectivity index (χ2n) is 5.22. The van der Waals surface area contributed by atoms with Gasteiger partial charge in [-0.1, -0.05) is 42.5 Å². The third-order valence-corrected chi connectivity index (χ3v) is 4.60. The van der Waals surface area contributed by atoms with Crippen molar-refractivity contribution in [3.05, 3.63) is 65.7 Å². The van der Waals surface area contributed by atoms with Crippen LogP contribution in [0.4, 0.5) is 4.39 Å². The van der Waals surface area contributed by atoms with E-state index in [4.69, 9.17) is 4.74 Å². The van der Waals surface area contributed by atoms with Crippen LogP contribution in [0.25, 0.3) is 0 Å². The van der Waals surface area contributed by atoms with Crippen LogP contribution in [0.15, 0.2) is 54.6 Å². The zero-order chi connectivity index (χ0) is 15.7. The lowest BCUT2D eigenvalue weighted by molar-refractivity contribution is -0.164. The van der Waals surface area contributed by atoms with E-state index < -0.39 is 16.5 Å². The van der Waals surface area contributed by atoms with Crippen molar-refractivity contribution in [3.63, 3.8) is 0 Å². The molecule has 1 saturated heterocycles. The van der Waals surface area contributed by atoms with Crippen molar-refractivity contribution < 1.29 is 13.9 Å². The van der Waals surface area contributed by atoms with Gasteiger partial charge in [-0.2, -0.15) is 0 Å². The number of carbonyl (C=O) groups is 1. The molecule has 0 aromatic heterocycles. The first-order valence-corrected chi connectivity index (χ1v) is 7.70. The molecule has 0 bridgehead atoms. The number of β-lactam (4-membered cyclic amide) rings is 1. The maximum Gasteiger partial charge on any atom is 0.274 e. The number of carbonyl (C=O) groups excluding carboxylic acids is 1. The van der Waals surface area contributed by atoms with Crippen molar-refractivity contribution in [2.24, 2.45) is 0 Å². The van der Waals surface area contributed by atoms with Gasteiger partial charge in [0.25, 0.3) is 10.5 Å². The van der Waals surface area contributed by atoms with Crippen molar-refractivity contribution >= 4 is 21.8 Å². The minimum atomic E-state index is -2.03. The van der Waals surface area contributed by atoms with Crippen molar-refractivity contribution in [2.75, 3.05) is 7.11 Å². The van der Waals surface area contributed by atoms with Crippen LogP contribution in [-0.2, 0) is 11.3 Å². The van der Waals surface area contributed by atoms with Gasteiger partial charge in [0.15, 0.2) is 0 Å². The fraction of sp³-hybridized carbons (Fsp3) is 0.235. The van der Waals surface area contributed by atoms with E-state index >= 15 is 0 Å². The van der Waals surface area contributed by atoms with Gasteiger partial charge in [0.05, 0.1) is 7.11 Å². The summed E-state index contributed by atoms with van der Waals surface area (Å²) in [5, 5.41) is 0. The number of hydrogen-bond donors (Lipinski definition) is 0. The molecule has 2 unspecified atom stereocenters. The molecule has 1 aliphatic heterocycles. The van der Waals surface area contributed by atoms with E-state index in [0.29, 0.717) is 6.54 Å². The number of halogens is 2. The van der Waals surface area contributed by atoms with Crippen molar-refractivity contribution in [1.29, 1.82) is 0 Å². The molecule has 0 spiro atoms. The Balaban J connectivity index is 1.83. The molecule has 0 radical (unpaired) electrons. The summed E-state index contributed by atoms with van der Waals surface area (Å²) in [6.07, 6.45) is 0. The quantitative estimate of drug-likeness (QED) is 0.610. The zero-order valence-electron chi connectivity index (χ0n) is 12.0. The summed E-state index contributed by atoms with van der Waals surface area (Å²) < 4.78 is 17.6. The lowest BCUT2D eigenvalue weighted by atomic mass is 9.91. The molecule has 1 amide bonds. The SMILES string of the molecule is COc1ccc(CN2C(=O)C(F)(Br)C2c2ccccc2)cc1. The third-order valence-electron chi connectivity index (χ3n) is 3.83. The largest absolute Gasteiger partial charge is 0.497 e. The molecule has 0 saturated carbocycles. The van der Waals surface area contributed by atoms with Gasteiger partial charge < -0.3 is 9.64 Å². The Bertz CT molecular complexity index is 673. The van der Waals surface area contributed by atoms with Crippen LogP contribution in [0.5, 0.6) is 5.75 Å². The number of methoxy groups -OCH3 is 1. The number of nitrogens with zero attached hydrogens (tertiary/aromatic N) is 1. The lowest BCUT2D eigenvalue weighted by Gasteiger charge is -2.48. The monoisotopic (exact) mass is 363 g/mol. The molecule has 2 aromatic carbocycles. The Morgan fingerprint density at radius 3 is 2.41 bits per heavy atom. The fourth-order valence-corrected chi connectivity index (χ4v) is 3.41. The van der Waals surface area contributed by atoms with Gasteiger partial charge in [-0.15, -0.1) is 0 Å².